The summed E-state index contributed by atoms with van der Waals surface area (Å²) in [7, 11) is 0. The molecule has 0 bridgehead atoms. The van der Waals surface area contributed by atoms with Gasteiger partial charge in [-0.1, -0.05) is 42.4 Å². The molecule has 4 heterocycles. The smallest absolute Gasteiger partial charge is 0.319 e. The number of anilines is 1. The zero-order valence-electron chi connectivity index (χ0n) is 25.9. The summed E-state index contributed by atoms with van der Waals surface area (Å²) in [4.78, 5) is 30.5. The zero-order chi connectivity index (χ0) is 33.7. The van der Waals surface area contributed by atoms with Crippen LogP contribution in [0, 0.1) is 24.0 Å². The average molecular weight is 679 g/mol. The predicted octanol–water partition coefficient (Wildman–Crippen LogP) is 6.60. The zero-order valence-corrected chi connectivity index (χ0v) is 26.6. The first-order valence-electron chi connectivity index (χ1n) is 15.7. The third kappa shape index (κ3) is 5.39. The maximum Gasteiger partial charge on any atom is 0.319 e. The maximum absolute atomic E-state index is 16.8. The van der Waals surface area contributed by atoms with Gasteiger partial charge in [0.05, 0.1) is 16.1 Å². The van der Waals surface area contributed by atoms with E-state index in [-0.39, 0.29) is 77.4 Å². The van der Waals surface area contributed by atoms with Crippen molar-refractivity contribution in [2.75, 3.05) is 50.8 Å². The lowest BCUT2D eigenvalue weighted by atomic mass is 9.95. The van der Waals surface area contributed by atoms with Crippen LogP contribution in [-0.4, -0.2) is 89.3 Å². The van der Waals surface area contributed by atoms with Gasteiger partial charge in [-0.15, -0.1) is 0 Å². The molecule has 0 unspecified atom stereocenters. The average Bonchev–Trinajstić information content (AvgIpc) is 3.61. The summed E-state index contributed by atoms with van der Waals surface area (Å²) in [6, 6.07) is 7.82. The first kappa shape index (κ1) is 32.1. The van der Waals surface area contributed by atoms with Crippen LogP contribution in [0.15, 0.2) is 49.1 Å². The van der Waals surface area contributed by atoms with Gasteiger partial charge in [-0.3, -0.25) is 9.69 Å². The highest BCUT2D eigenvalue weighted by molar-refractivity contribution is 6.37. The minimum atomic E-state index is -1.02. The normalized spacial score (nSPS) is 22.7. The van der Waals surface area contributed by atoms with E-state index >= 15 is 8.78 Å². The van der Waals surface area contributed by atoms with E-state index in [0.717, 1.165) is 25.5 Å². The van der Waals surface area contributed by atoms with Crippen molar-refractivity contribution in [3.05, 3.63) is 82.9 Å². The van der Waals surface area contributed by atoms with Gasteiger partial charge in [0.15, 0.2) is 5.82 Å². The number of rotatable bonds is 7. The molecule has 3 aliphatic heterocycles. The van der Waals surface area contributed by atoms with E-state index in [1.165, 1.54) is 24.3 Å². The van der Waals surface area contributed by atoms with Crippen molar-refractivity contribution >= 4 is 45.0 Å². The third-order valence-corrected chi connectivity index (χ3v) is 10.2. The molecule has 3 atom stereocenters. The van der Waals surface area contributed by atoms with Crippen molar-refractivity contribution in [3.8, 4) is 17.1 Å². The van der Waals surface area contributed by atoms with Gasteiger partial charge >= 0.3 is 6.01 Å². The van der Waals surface area contributed by atoms with Crippen LogP contribution in [0.3, 0.4) is 0 Å². The molecule has 1 aromatic heterocycles. The van der Waals surface area contributed by atoms with E-state index in [1.54, 1.807) is 21.9 Å². The van der Waals surface area contributed by atoms with Crippen molar-refractivity contribution in [1.29, 1.82) is 0 Å². The van der Waals surface area contributed by atoms with Crippen LogP contribution >= 0.6 is 11.6 Å². The molecule has 4 aromatic rings. The molecule has 7 rings (SSSR count). The second-order valence-electron chi connectivity index (χ2n) is 12.6. The Kier molecular flexibility index (Phi) is 8.37. The van der Waals surface area contributed by atoms with Crippen molar-refractivity contribution in [3.63, 3.8) is 0 Å². The second-order valence-corrected chi connectivity index (χ2v) is 13.0. The number of ether oxygens (including phenoxy) is 1. The minimum absolute atomic E-state index is 0.00350. The van der Waals surface area contributed by atoms with Gasteiger partial charge in [0.25, 0.3) is 0 Å². The molecule has 1 amide bonds. The molecular formula is C35H31ClF4N6O2. The Morgan fingerprint density at radius 2 is 1.98 bits per heavy atom. The van der Waals surface area contributed by atoms with Crippen LogP contribution in [0.5, 0.6) is 6.01 Å². The molecule has 3 saturated heterocycles. The number of alkyl halides is 1. The van der Waals surface area contributed by atoms with Gasteiger partial charge < -0.3 is 19.4 Å². The van der Waals surface area contributed by atoms with Crippen molar-refractivity contribution in [2.24, 2.45) is 0 Å². The highest BCUT2D eigenvalue weighted by Gasteiger charge is 2.49. The topological polar surface area (TPSA) is 66.2 Å². The van der Waals surface area contributed by atoms with Crippen LogP contribution in [-0.2, 0) is 4.79 Å². The van der Waals surface area contributed by atoms with Gasteiger partial charge in [0.1, 0.15) is 41.8 Å². The summed E-state index contributed by atoms with van der Waals surface area (Å²) in [5.74, 6) is -2.85. The van der Waals surface area contributed by atoms with Crippen LogP contribution in [0.1, 0.15) is 19.3 Å². The van der Waals surface area contributed by atoms with Crippen LogP contribution in [0.4, 0.5) is 23.4 Å². The van der Waals surface area contributed by atoms with Gasteiger partial charge in [0.2, 0.25) is 12.5 Å². The molecule has 3 fully saturated rings. The summed E-state index contributed by atoms with van der Waals surface area (Å²) in [5, 5.41) is 0.421. The molecule has 0 radical (unpaired) electrons. The number of amides is 1. The number of carbonyl (C=O) groups excluding carboxylic acids is 1. The predicted molar refractivity (Wildman–Crippen MR) is 175 cm³/mol. The number of carbonyl (C=O) groups is 1. The fourth-order valence-corrected chi connectivity index (χ4v) is 7.87. The summed E-state index contributed by atoms with van der Waals surface area (Å²) in [6.07, 6.45) is 2.12. The highest BCUT2D eigenvalue weighted by atomic mass is 35.5. The lowest BCUT2D eigenvalue weighted by molar-refractivity contribution is -0.128. The molecule has 8 nitrogen and oxygen atoms in total. The molecule has 48 heavy (non-hydrogen) atoms. The van der Waals surface area contributed by atoms with E-state index in [9.17, 15) is 13.6 Å². The van der Waals surface area contributed by atoms with Crippen molar-refractivity contribution in [1.82, 2.24) is 19.8 Å². The third-order valence-electron chi connectivity index (χ3n) is 9.82. The Morgan fingerprint density at radius 1 is 1.15 bits per heavy atom. The monoisotopic (exact) mass is 678 g/mol. The molecule has 3 aliphatic rings. The van der Waals surface area contributed by atoms with Crippen LogP contribution < -0.4 is 9.64 Å². The number of hydrogen-bond acceptors (Lipinski definition) is 6. The number of aromatic nitrogens is 2. The van der Waals surface area contributed by atoms with Crippen molar-refractivity contribution < 1.29 is 27.1 Å². The van der Waals surface area contributed by atoms with E-state index in [0.29, 0.717) is 18.4 Å². The van der Waals surface area contributed by atoms with E-state index in [2.05, 4.69) is 26.3 Å². The molecule has 0 N–H and O–H groups in total. The number of fused-ring (bicyclic) bond motifs is 3. The van der Waals surface area contributed by atoms with Crippen molar-refractivity contribution in [2.45, 2.75) is 37.0 Å². The molecule has 0 spiro atoms. The molecule has 13 heteroatoms. The molecule has 248 valence electrons. The number of piperazine rings is 1. The molecule has 0 aliphatic carbocycles. The first-order valence-corrected chi connectivity index (χ1v) is 16.1. The summed E-state index contributed by atoms with van der Waals surface area (Å²) in [5.41, 5.74) is -1.17. The highest BCUT2D eigenvalue weighted by Crippen LogP contribution is 2.43. The van der Waals surface area contributed by atoms with Crippen LogP contribution in [0.25, 0.3) is 37.6 Å². The molecule has 0 saturated carbocycles. The number of halogens is 5. The summed E-state index contributed by atoms with van der Waals surface area (Å²) >= 11 is 6.34. The lowest BCUT2D eigenvalue weighted by Gasteiger charge is -2.39. The number of nitrogens with zero attached hydrogens (tertiary/aromatic N) is 6. The largest absolute Gasteiger partial charge is 0.461 e. The van der Waals surface area contributed by atoms with Crippen LogP contribution in [0.2, 0.25) is 5.02 Å². The van der Waals surface area contributed by atoms with Gasteiger partial charge in [-0.25, -0.2) is 24.1 Å². The molecule has 3 aromatic carbocycles. The number of hydrogen-bond donors (Lipinski definition) is 0. The second kappa shape index (κ2) is 12.5. The van der Waals surface area contributed by atoms with Gasteiger partial charge in [-0.2, -0.15) is 9.97 Å². The fraction of sp³-hybridized carbons (Fsp3) is 0.371. The quantitative estimate of drug-likeness (QED) is 0.125. The summed E-state index contributed by atoms with van der Waals surface area (Å²) in [6.45, 7) is 12.8. The first-order chi connectivity index (χ1) is 23.1. The minimum Gasteiger partial charge on any atom is -0.461 e. The maximum atomic E-state index is 16.8. The Bertz CT molecular complexity index is 2010. The Balaban J connectivity index is 1.37. The Labute approximate surface area is 279 Å². The standard InChI is InChI=1S/C35H31ClF4N6O2/c1-3-27(47)46-13-12-44(18-22(46)16-41-2)33-24-14-26(39)29(23-7-4-6-20-8-9-25(38)30(36)28(20)23)31(40)32(24)42-34(43-33)48-19-35-10-5-11-45(35)17-21(37)15-35/h3-4,6-9,14,21-22H,1,5,10-13,15-19H2/t21-,22+,35+/m1/s1. The lowest BCUT2D eigenvalue weighted by Crippen LogP contribution is -2.56. The number of benzene rings is 3. The van der Waals surface area contributed by atoms with E-state index < -0.39 is 40.8 Å². The molecular weight excluding hydrogens is 648 g/mol. The SMILES string of the molecule is [C-]#[N+]C[C@H]1CN(c2nc(OC[C@@]34CCCN3C[C@H](F)C4)nc3c(F)c(-c4cccc5ccc(F)c(Cl)c45)c(F)cc23)CCN1C(=O)C=C. The Hall–Kier alpha value is -4.47. The van der Waals surface area contributed by atoms with E-state index in [1.807, 2.05) is 0 Å². The Morgan fingerprint density at radius 3 is 2.77 bits per heavy atom. The fourth-order valence-electron chi connectivity index (χ4n) is 7.59. The van der Waals surface area contributed by atoms with E-state index in [4.69, 9.17) is 22.9 Å². The summed E-state index contributed by atoms with van der Waals surface area (Å²) < 4.78 is 68.3. The van der Waals surface area contributed by atoms with Gasteiger partial charge in [-0.05, 0) is 48.5 Å². The van der Waals surface area contributed by atoms with Gasteiger partial charge in [0, 0.05) is 43.4 Å².